The van der Waals surface area contributed by atoms with E-state index in [0.717, 1.165) is 22.5 Å². The zero-order valence-electron chi connectivity index (χ0n) is 16.2. The molecule has 0 spiro atoms. The van der Waals surface area contributed by atoms with Crippen LogP contribution in [-0.4, -0.2) is 16.2 Å². The average molecular weight is 401 g/mol. The van der Waals surface area contributed by atoms with Crippen LogP contribution in [0.3, 0.4) is 0 Å². The van der Waals surface area contributed by atoms with Gasteiger partial charge in [-0.2, -0.15) is 0 Å². The maximum Gasteiger partial charge on any atom is 0.271 e. The Morgan fingerprint density at radius 2 is 1.55 bits per heavy atom. The summed E-state index contributed by atoms with van der Waals surface area (Å²) in [5.41, 5.74) is 4.26. The molecule has 0 bridgehead atoms. The third kappa shape index (κ3) is 3.82. The number of anilines is 1. The van der Waals surface area contributed by atoms with Crippen molar-refractivity contribution in [3.05, 3.63) is 94.4 Å². The number of nitrogens with zero attached hydrogens (tertiary/aromatic N) is 2. The molecule has 1 heterocycles. The van der Waals surface area contributed by atoms with Crippen molar-refractivity contribution >= 4 is 40.3 Å². The van der Waals surface area contributed by atoms with E-state index in [2.05, 4.69) is 0 Å². The highest BCUT2D eigenvalue weighted by Gasteiger charge is 2.35. The van der Waals surface area contributed by atoms with Crippen LogP contribution in [0.2, 0.25) is 0 Å². The quantitative estimate of drug-likeness (QED) is 0.564. The fraction of sp³-hybridized carbons (Fsp3) is 0.0833. The summed E-state index contributed by atoms with van der Waals surface area (Å²) in [4.78, 5) is 20.3. The summed E-state index contributed by atoms with van der Waals surface area (Å²) >= 11 is 1.31. The van der Waals surface area contributed by atoms with Crippen molar-refractivity contribution in [1.82, 2.24) is 0 Å². The van der Waals surface area contributed by atoms with Gasteiger partial charge in [0, 0.05) is 5.56 Å². The summed E-state index contributed by atoms with van der Waals surface area (Å²) in [5, 5.41) is 10.7. The number of hydrogen-bond donors (Lipinski definition) is 1. The first-order valence-electron chi connectivity index (χ1n) is 9.26. The molecule has 3 aromatic carbocycles. The molecule has 0 saturated carbocycles. The van der Waals surface area contributed by atoms with Crippen LogP contribution >= 0.6 is 11.8 Å². The van der Waals surface area contributed by atoms with Crippen LogP contribution in [0.1, 0.15) is 16.7 Å². The predicted octanol–water partition coefficient (Wildman–Crippen LogP) is 5.82. The average Bonchev–Trinajstić information content (AvgIpc) is 3.01. The number of amides is 1. The van der Waals surface area contributed by atoms with Crippen molar-refractivity contribution in [1.29, 1.82) is 0 Å². The number of carbonyl (C=O) groups excluding carboxylic acids is 1. The number of aromatic hydroxyl groups is 1. The lowest BCUT2D eigenvalue weighted by atomic mass is 10.1. The molecule has 29 heavy (non-hydrogen) atoms. The van der Waals surface area contributed by atoms with Gasteiger partial charge in [0.2, 0.25) is 0 Å². The molecule has 4 nitrogen and oxygen atoms in total. The number of aryl methyl sites for hydroxylation is 2. The second-order valence-electron chi connectivity index (χ2n) is 6.78. The molecule has 1 aliphatic heterocycles. The van der Waals surface area contributed by atoms with Gasteiger partial charge in [0.15, 0.2) is 5.17 Å². The Labute approximate surface area is 174 Å². The highest BCUT2D eigenvalue weighted by molar-refractivity contribution is 8.19. The lowest BCUT2D eigenvalue weighted by Crippen LogP contribution is -2.29. The SMILES string of the molecule is Cc1ccccc1N=C1SC(=Cc2ccccc2O)C(=O)N1c1ccccc1C. The second kappa shape index (κ2) is 7.97. The minimum Gasteiger partial charge on any atom is -0.507 e. The Hall–Kier alpha value is -3.31. The molecule has 3 aromatic rings. The van der Waals surface area contributed by atoms with Crippen molar-refractivity contribution in [3.63, 3.8) is 0 Å². The number of benzene rings is 3. The summed E-state index contributed by atoms with van der Waals surface area (Å²) in [6.07, 6.45) is 1.72. The van der Waals surface area contributed by atoms with Gasteiger partial charge in [-0.15, -0.1) is 0 Å². The standard InChI is InChI=1S/C24H20N2O2S/c1-16-9-3-6-12-19(16)25-24-26(20-13-7-4-10-17(20)2)23(28)22(29-24)15-18-11-5-8-14-21(18)27/h3-15,27H,1-2H3. The number of phenolic OH excluding ortho intramolecular Hbond substituents is 1. The van der Waals surface area contributed by atoms with Crippen LogP contribution in [0.15, 0.2) is 82.7 Å². The smallest absolute Gasteiger partial charge is 0.271 e. The molecule has 1 amide bonds. The first-order chi connectivity index (χ1) is 14.0. The highest BCUT2D eigenvalue weighted by Crippen LogP contribution is 2.39. The van der Waals surface area contributed by atoms with Crippen molar-refractivity contribution in [3.8, 4) is 5.75 Å². The molecule has 0 atom stereocenters. The van der Waals surface area contributed by atoms with Crippen LogP contribution in [-0.2, 0) is 4.79 Å². The number of carbonyl (C=O) groups is 1. The van der Waals surface area contributed by atoms with Gasteiger partial charge in [0.25, 0.3) is 5.91 Å². The van der Waals surface area contributed by atoms with Crippen LogP contribution in [0.25, 0.3) is 6.08 Å². The maximum atomic E-state index is 13.3. The van der Waals surface area contributed by atoms with E-state index in [1.165, 1.54) is 11.8 Å². The molecule has 0 radical (unpaired) electrons. The van der Waals surface area contributed by atoms with E-state index in [-0.39, 0.29) is 11.7 Å². The van der Waals surface area contributed by atoms with E-state index in [0.29, 0.717) is 15.6 Å². The number of rotatable bonds is 3. The number of aliphatic imine (C=N–C) groups is 1. The molecule has 0 aliphatic carbocycles. The predicted molar refractivity (Wildman–Crippen MR) is 121 cm³/mol. The van der Waals surface area contributed by atoms with Crippen LogP contribution in [0.4, 0.5) is 11.4 Å². The van der Waals surface area contributed by atoms with Gasteiger partial charge < -0.3 is 5.11 Å². The fourth-order valence-electron chi connectivity index (χ4n) is 3.12. The van der Waals surface area contributed by atoms with Gasteiger partial charge >= 0.3 is 0 Å². The lowest BCUT2D eigenvalue weighted by molar-refractivity contribution is -0.113. The lowest BCUT2D eigenvalue weighted by Gasteiger charge is -2.18. The minimum absolute atomic E-state index is 0.139. The molecular weight excluding hydrogens is 380 g/mol. The van der Waals surface area contributed by atoms with Gasteiger partial charge in [-0.25, -0.2) is 4.99 Å². The van der Waals surface area contributed by atoms with E-state index in [1.54, 1.807) is 29.2 Å². The van der Waals surface area contributed by atoms with Gasteiger partial charge in [-0.3, -0.25) is 9.69 Å². The molecule has 0 unspecified atom stereocenters. The summed E-state index contributed by atoms with van der Waals surface area (Å²) in [5.74, 6) is -0.0139. The normalized spacial score (nSPS) is 16.8. The van der Waals surface area contributed by atoms with Crippen molar-refractivity contribution in [2.24, 2.45) is 4.99 Å². The molecule has 1 aliphatic rings. The summed E-state index contributed by atoms with van der Waals surface area (Å²) < 4.78 is 0. The molecule has 1 saturated heterocycles. The van der Waals surface area contributed by atoms with Crippen LogP contribution in [0.5, 0.6) is 5.75 Å². The number of phenols is 1. The van der Waals surface area contributed by atoms with Gasteiger partial charge in [0.05, 0.1) is 16.3 Å². The summed E-state index contributed by atoms with van der Waals surface area (Å²) in [6.45, 7) is 3.97. The summed E-state index contributed by atoms with van der Waals surface area (Å²) in [7, 11) is 0. The fourth-order valence-corrected chi connectivity index (χ4v) is 4.10. The van der Waals surface area contributed by atoms with E-state index in [9.17, 15) is 9.90 Å². The zero-order valence-corrected chi connectivity index (χ0v) is 17.0. The maximum absolute atomic E-state index is 13.3. The van der Waals surface area contributed by atoms with E-state index < -0.39 is 0 Å². The van der Waals surface area contributed by atoms with E-state index in [1.807, 2.05) is 68.4 Å². The second-order valence-corrected chi connectivity index (χ2v) is 7.79. The first-order valence-corrected chi connectivity index (χ1v) is 10.1. The number of thioether (sulfide) groups is 1. The Balaban J connectivity index is 1.84. The van der Waals surface area contributed by atoms with Gasteiger partial charge in [0.1, 0.15) is 5.75 Å². The topological polar surface area (TPSA) is 52.9 Å². The summed E-state index contributed by atoms with van der Waals surface area (Å²) in [6, 6.07) is 22.6. The molecule has 0 aromatic heterocycles. The number of hydrogen-bond acceptors (Lipinski definition) is 4. The van der Waals surface area contributed by atoms with Crippen LogP contribution in [0, 0.1) is 13.8 Å². The molecule has 144 valence electrons. The largest absolute Gasteiger partial charge is 0.507 e. The minimum atomic E-state index is -0.153. The van der Waals surface area contributed by atoms with E-state index >= 15 is 0 Å². The number of amidine groups is 1. The molecule has 1 N–H and O–H groups in total. The van der Waals surface area contributed by atoms with Gasteiger partial charge in [-0.05, 0) is 61.0 Å². The Kier molecular flexibility index (Phi) is 5.23. The Bertz CT molecular complexity index is 1150. The Morgan fingerprint density at radius 3 is 2.28 bits per heavy atom. The molecular formula is C24H20N2O2S. The van der Waals surface area contributed by atoms with Crippen molar-refractivity contribution < 1.29 is 9.90 Å². The third-order valence-electron chi connectivity index (χ3n) is 4.72. The van der Waals surface area contributed by atoms with E-state index in [4.69, 9.17) is 4.99 Å². The third-order valence-corrected chi connectivity index (χ3v) is 5.69. The van der Waals surface area contributed by atoms with Crippen molar-refractivity contribution in [2.75, 3.05) is 4.90 Å². The zero-order chi connectivity index (χ0) is 20.4. The first kappa shape index (κ1) is 19.0. The van der Waals surface area contributed by atoms with Crippen molar-refractivity contribution in [2.45, 2.75) is 13.8 Å². The van der Waals surface area contributed by atoms with Gasteiger partial charge in [-0.1, -0.05) is 54.6 Å². The monoisotopic (exact) mass is 400 g/mol. The van der Waals surface area contributed by atoms with Crippen LogP contribution < -0.4 is 4.90 Å². The number of para-hydroxylation sites is 3. The highest BCUT2D eigenvalue weighted by atomic mass is 32.2. The molecule has 1 fully saturated rings. The molecule has 5 heteroatoms. The molecule has 4 rings (SSSR count). The Morgan fingerprint density at radius 1 is 0.897 bits per heavy atom.